The first kappa shape index (κ1) is 21.6. The van der Waals surface area contributed by atoms with Crippen LogP contribution in [0.5, 0.6) is 0 Å². The van der Waals surface area contributed by atoms with E-state index < -0.39 is 11.8 Å². The van der Waals surface area contributed by atoms with Crippen LogP contribution in [0.4, 0.5) is 0 Å². The van der Waals surface area contributed by atoms with E-state index in [-0.39, 0.29) is 17.1 Å². The van der Waals surface area contributed by atoms with Crippen molar-refractivity contribution in [1.29, 1.82) is 0 Å². The molecule has 0 radical (unpaired) electrons. The standard InChI is InChI=1S/C26H27N3O3/c1-16-21-19(14-26(2,3)15-20(21)32-23(16)24(27)30)28-29-25(31)22(17-10-6-4-7-11-17)18-12-8-5-9-13-18/h4-13,22H,14-15H2,1-3H3,(H2,27,30)(H,29,31)/b28-19+. The Kier molecular flexibility index (Phi) is 5.70. The summed E-state index contributed by atoms with van der Waals surface area (Å²) in [6, 6.07) is 19.3. The summed E-state index contributed by atoms with van der Waals surface area (Å²) < 4.78 is 5.79. The predicted molar refractivity (Wildman–Crippen MR) is 123 cm³/mol. The number of nitrogens with two attached hydrogens (primary N) is 1. The van der Waals surface area contributed by atoms with Gasteiger partial charge in [0.15, 0.2) is 5.76 Å². The molecule has 2 aromatic carbocycles. The first-order chi connectivity index (χ1) is 15.3. The number of carbonyl (C=O) groups is 2. The number of amides is 2. The lowest BCUT2D eigenvalue weighted by Crippen LogP contribution is -2.31. The molecule has 3 aromatic rings. The Morgan fingerprint density at radius 3 is 2.09 bits per heavy atom. The molecule has 32 heavy (non-hydrogen) atoms. The second kappa shape index (κ2) is 8.46. The molecule has 6 heteroatoms. The van der Waals surface area contributed by atoms with E-state index >= 15 is 0 Å². The summed E-state index contributed by atoms with van der Waals surface area (Å²) in [4.78, 5) is 25.1. The Morgan fingerprint density at radius 2 is 1.56 bits per heavy atom. The smallest absolute Gasteiger partial charge is 0.284 e. The van der Waals surface area contributed by atoms with E-state index in [1.54, 1.807) is 6.92 Å². The number of hydrazone groups is 1. The maximum atomic E-state index is 13.3. The minimum absolute atomic E-state index is 0.131. The number of hydrogen-bond donors (Lipinski definition) is 2. The second-order valence-electron chi connectivity index (χ2n) is 9.03. The Hall–Kier alpha value is -3.67. The highest BCUT2D eigenvalue weighted by molar-refractivity contribution is 6.07. The lowest BCUT2D eigenvalue weighted by molar-refractivity contribution is -0.121. The van der Waals surface area contributed by atoms with E-state index in [2.05, 4.69) is 24.4 Å². The van der Waals surface area contributed by atoms with Crippen LogP contribution in [0, 0.1) is 12.3 Å². The van der Waals surface area contributed by atoms with Crippen LogP contribution in [0.3, 0.4) is 0 Å². The van der Waals surface area contributed by atoms with Crippen LogP contribution < -0.4 is 11.2 Å². The van der Waals surface area contributed by atoms with E-state index in [1.807, 2.05) is 60.7 Å². The summed E-state index contributed by atoms with van der Waals surface area (Å²) in [6.45, 7) is 6.01. The number of rotatable bonds is 5. The molecule has 4 rings (SSSR count). The van der Waals surface area contributed by atoms with E-state index in [0.29, 0.717) is 29.9 Å². The van der Waals surface area contributed by atoms with Crippen LogP contribution in [-0.4, -0.2) is 17.5 Å². The molecule has 6 nitrogen and oxygen atoms in total. The molecule has 1 aliphatic carbocycles. The molecule has 0 saturated carbocycles. The first-order valence-corrected chi connectivity index (χ1v) is 10.7. The van der Waals surface area contributed by atoms with Crippen molar-refractivity contribution in [1.82, 2.24) is 5.43 Å². The molecule has 2 amide bonds. The van der Waals surface area contributed by atoms with Crippen molar-refractivity contribution in [3.63, 3.8) is 0 Å². The fourth-order valence-electron chi connectivity index (χ4n) is 4.42. The topological polar surface area (TPSA) is 97.7 Å². The van der Waals surface area contributed by atoms with Gasteiger partial charge in [-0.1, -0.05) is 74.5 Å². The highest BCUT2D eigenvalue weighted by Crippen LogP contribution is 2.38. The van der Waals surface area contributed by atoms with Crippen LogP contribution >= 0.6 is 0 Å². The van der Waals surface area contributed by atoms with Crippen LogP contribution in [0.1, 0.15) is 64.8 Å². The number of fused-ring (bicyclic) bond motifs is 1. The molecule has 1 aliphatic rings. The largest absolute Gasteiger partial charge is 0.455 e. The molecular weight excluding hydrogens is 402 g/mol. The second-order valence-corrected chi connectivity index (χ2v) is 9.03. The van der Waals surface area contributed by atoms with Gasteiger partial charge in [0.2, 0.25) is 0 Å². The number of primary amides is 1. The van der Waals surface area contributed by atoms with Crippen LogP contribution in [0.2, 0.25) is 0 Å². The van der Waals surface area contributed by atoms with Gasteiger partial charge < -0.3 is 10.2 Å². The third-order valence-corrected chi connectivity index (χ3v) is 5.85. The van der Waals surface area contributed by atoms with Crippen molar-refractivity contribution in [2.24, 2.45) is 16.3 Å². The van der Waals surface area contributed by atoms with Crippen molar-refractivity contribution >= 4 is 17.5 Å². The molecule has 0 atom stereocenters. The van der Waals surface area contributed by atoms with Crippen molar-refractivity contribution in [2.75, 3.05) is 0 Å². The van der Waals surface area contributed by atoms with Gasteiger partial charge in [-0.15, -0.1) is 0 Å². The molecule has 1 heterocycles. The average molecular weight is 430 g/mol. The van der Waals surface area contributed by atoms with Gasteiger partial charge in [-0.05, 0) is 29.9 Å². The van der Waals surface area contributed by atoms with E-state index in [1.165, 1.54) is 0 Å². The lowest BCUT2D eigenvalue weighted by Gasteiger charge is -2.29. The number of carbonyl (C=O) groups excluding carboxylic acids is 2. The molecule has 0 unspecified atom stereocenters. The number of benzene rings is 2. The minimum Gasteiger partial charge on any atom is -0.455 e. The number of nitrogens with zero attached hydrogens (tertiary/aromatic N) is 1. The normalized spacial score (nSPS) is 16.1. The Morgan fingerprint density at radius 1 is 1.00 bits per heavy atom. The fraction of sp³-hybridized carbons (Fsp3) is 0.269. The molecule has 164 valence electrons. The van der Waals surface area contributed by atoms with Gasteiger partial charge in [0.25, 0.3) is 11.8 Å². The van der Waals surface area contributed by atoms with E-state index in [0.717, 1.165) is 16.7 Å². The third kappa shape index (κ3) is 4.21. The number of furan rings is 1. The van der Waals surface area contributed by atoms with Crippen LogP contribution in [-0.2, 0) is 11.2 Å². The molecule has 0 aliphatic heterocycles. The van der Waals surface area contributed by atoms with Crippen molar-refractivity contribution in [3.8, 4) is 0 Å². The summed E-state index contributed by atoms with van der Waals surface area (Å²) >= 11 is 0. The Balaban J connectivity index is 1.70. The van der Waals surface area contributed by atoms with Gasteiger partial charge in [0.1, 0.15) is 5.76 Å². The summed E-state index contributed by atoms with van der Waals surface area (Å²) in [6.07, 6.45) is 1.31. The van der Waals surface area contributed by atoms with Gasteiger partial charge in [-0.3, -0.25) is 9.59 Å². The molecule has 3 N–H and O–H groups in total. The van der Waals surface area contributed by atoms with Gasteiger partial charge in [-0.2, -0.15) is 5.10 Å². The summed E-state index contributed by atoms with van der Waals surface area (Å²) in [7, 11) is 0. The summed E-state index contributed by atoms with van der Waals surface area (Å²) in [5.41, 5.74) is 12.0. The molecular formula is C26H27N3O3. The molecule has 0 spiro atoms. The van der Waals surface area contributed by atoms with Gasteiger partial charge in [-0.25, -0.2) is 5.43 Å². The highest BCUT2D eigenvalue weighted by atomic mass is 16.4. The molecule has 1 aromatic heterocycles. The van der Waals surface area contributed by atoms with Gasteiger partial charge >= 0.3 is 0 Å². The van der Waals surface area contributed by atoms with E-state index in [9.17, 15) is 9.59 Å². The maximum Gasteiger partial charge on any atom is 0.284 e. The zero-order chi connectivity index (χ0) is 22.9. The predicted octanol–water partition coefficient (Wildman–Crippen LogP) is 4.31. The average Bonchev–Trinajstić information content (AvgIpc) is 3.09. The van der Waals surface area contributed by atoms with Gasteiger partial charge in [0.05, 0.1) is 11.6 Å². The zero-order valence-corrected chi connectivity index (χ0v) is 18.5. The van der Waals surface area contributed by atoms with Crippen molar-refractivity contribution < 1.29 is 14.0 Å². The van der Waals surface area contributed by atoms with Crippen molar-refractivity contribution in [2.45, 2.75) is 39.5 Å². The van der Waals surface area contributed by atoms with Crippen LogP contribution in [0.25, 0.3) is 0 Å². The molecule has 0 fully saturated rings. The van der Waals surface area contributed by atoms with Crippen LogP contribution in [0.15, 0.2) is 70.2 Å². The highest BCUT2D eigenvalue weighted by Gasteiger charge is 2.36. The summed E-state index contributed by atoms with van der Waals surface area (Å²) in [5.74, 6) is -0.492. The van der Waals surface area contributed by atoms with Gasteiger partial charge in [0, 0.05) is 17.5 Å². The maximum absolute atomic E-state index is 13.3. The monoisotopic (exact) mass is 429 g/mol. The zero-order valence-electron chi connectivity index (χ0n) is 18.5. The minimum atomic E-state index is -0.605. The Labute approximate surface area is 187 Å². The first-order valence-electron chi connectivity index (χ1n) is 10.7. The third-order valence-electron chi connectivity index (χ3n) is 5.85. The quantitative estimate of drug-likeness (QED) is 0.591. The van der Waals surface area contributed by atoms with E-state index in [4.69, 9.17) is 10.2 Å². The SMILES string of the molecule is Cc1c(C(N)=O)oc2c1/C(=N/NC(=O)C(c1ccccc1)c1ccccc1)CC(C)(C)C2. The fourth-order valence-corrected chi connectivity index (χ4v) is 4.42. The molecule has 0 saturated heterocycles. The Bertz CT molecular complexity index is 1140. The summed E-state index contributed by atoms with van der Waals surface area (Å²) in [5, 5.41) is 4.53. The number of nitrogens with one attached hydrogen (secondary N) is 1. The molecule has 0 bridgehead atoms. The lowest BCUT2D eigenvalue weighted by atomic mass is 9.75. The van der Waals surface area contributed by atoms with Crippen molar-refractivity contribution in [3.05, 3.63) is 94.4 Å². The number of hydrogen-bond acceptors (Lipinski definition) is 4.